The van der Waals surface area contributed by atoms with Gasteiger partial charge in [0.2, 0.25) is 5.91 Å². The molecule has 2 rings (SSSR count). The van der Waals surface area contributed by atoms with Gasteiger partial charge in [-0.3, -0.25) is 10.1 Å². The second-order valence-electron chi connectivity index (χ2n) is 3.94. The number of carbonyl (C=O) groups excluding carboxylic acids is 2. The highest BCUT2D eigenvalue weighted by Crippen LogP contribution is 2.16. The van der Waals surface area contributed by atoms with E-state index in [4.69, 9.17) is 5.73 Å². The molecule has 0 aromatic heterocycles. The molecule has 3 amide bonds. The highest BCUT2D eigenvalue weighted by Gasteiger charge is 2.05. The fourth-order valence-electron chi connectivity index (χ4n) is 1.75. The number of primary amides is 1. The van der Waals surface area contributed by atoms with Gasteiger partial charge in [0, 0.05) is 0 Å². The van der Waals surface area contributed by atoms with Crippen LogP contribution in [0.1, 0.15) is 5.56 Å². The average molecular weight is 241 g/mol. The van der Waals surface area contributed by atoms with Crippen molar-refractivity contribution in [2.45, 2.75) is 6.42 Å². The number of urea groups is 1. The summed E-state index contributed by atoms with van der Waals surface area (Å²) in [7, 11) is 0. The van der Waals surface area contributed by atoms with E-state index < -0.39 is 11.9 Å². The number of nitrogens with one attached hydrogen (secondary N) is 1. The Balaban J connectivity index is 2.04. The predicted octanol–water partition coefficient (Wildman–Crippen LogP) is 1.78. The van der Waals surface area contributed by atoms with Crippen molar-refractivity contribution in [3.05, 3.63) is 54.4 Å². The third kappa shape index (κ3) is 3.07. The Morgan fingerprint density at radius 3 is 2.56 bits per heavy atom. The van der Waals surface area contributed by atoms with Gasteiger partial charge in [0.25, 0.3) is 0 Å². The number of imide groups is 1. The molecular formula is C14H13N2O2. The second-order valence-corrected chi connectivity index (χ2v) is 3.94. The predicted molar refractivity (Wildman–Crippen MR) is 69.7 cm³/mol. The van der Waals surface area contributed by atoms with Crippen LogP contribution in [0.3, 0.4) is 0 Å². The molecule has 2 aromatic carbocycles. The molecular weight excluding hydrogens is 228 g/mol. The summed E-state index contributed by atoms with van der Waals surface area (Å²) in [6, 6.07) is 13.1. The molecule has 0 spiro atoms. The summed E-state index contributed by atoms with van der Waals surface area (Å²) in [6.45, 7) is 0. The number of fused-ring (bicyclic) bond motifs is 1. The number of hydrogen-bond acceptors (Lipinski definition) is 2. The maximum absolute atomic E-state index is 11.2. The quantitative estimate of drug-likeness (QED) is 0.859. The summed E-state index contributed by atoms with van der Waals surface area (Å²) in [5.74, 6) is -0.476. The topological polar surface area (TPSA) is 72.2 Å². The molecule has 91 valence electrons. The molecule has 0 aliphatic carbocycles. The number of rotatable bonds is 3. The summed E-state index contributed by atoms with van der Waals surface area (Å²) < 4.78 is 0. The van der Waals surface area contributed by atoms with Gasteiger partial charge in [-0.15, -0.1) is 0 Å². The minimum atomic E-state index is -0.838. The van der Waals surface area contributed by atoms with Crippen molar-refractivity contribution in [1.82, 2.24) is 5.32 Å². The molecule has 2 aromatic rings. The van der Waals surface area contributed by atoms with E-state index in [2.05, 4.69) is 0 Å². The van der Waals surface area contributed by atoms with Gasteiger partial charge >= 0.3 is 6.03 Å². The van der Waals surface area contributed by atoms with Gasteiger partial charge < -0.3 is 5.73 Å². The van der Waals surface area contributed by atoms with Crippen molar-refractivity contribution in [1.29, 1.82) is 0 Å². The van der Waals surface area contributed by atoms with Crippen molar-refractivity contribution >= 4 is 22.7 Å². The van der Waals surface area contributed by atoms with E-state index in [-0.39, 0.29) is 0 Å². The third-order valence-electron chi connectivity index (χ3n) is 2.58. The molecule has 3 N–H and O–H groups in total. The van der Waals surface area contributed by atoms with Crippen molar-refractivity contribution < 1.29 is 9.59 Å². The average Bonchev–Trinajstić information content (AvgIpc) is 2.35. The summed E-state index contributed by atoms with van der Waals surface area (Å²) >= 11 is 0. The summed E-state index contributed by atoms with van der Waals surface area (Å²) in [5.41, 5.74) is 5.85. The minimum absolute atomic E-state index is 0.462. The monoisotopic (exact) mass is 241 g/mol. The Morgan fingerprint density at radius 2 is 1.83 bits per heavy atom. The van der Waals surface area contributed by atoms with Gasteiger partial charge in [0.1, 0.15) is 0 Å². The Kier molecular flexibility index (Phi) is 3.57. The normalized spacial score (nSPS) is 10.2. The largest absolute Gasteiger partial charge is 0.351 e. The van der Waals surface area contributed by atoms with Crippen molar-refractivity contribution in [2.75, 3.05) is 0 Å². The van der Waals surface area contributed by atoms with Crippen LogP contribution in [0.25, 0.3) is 10.8 Å². The van der Waals surface area contributed by atoms with Crippen LogP contribution in [-0.4, -0.2) is 11.9 Å². The third-order valence-corrected chi connectivity index (χ3v) is 2.58. The highest BCUT2D eigenvalue weighted by atomic mass is 16.2. The summed E-state index contributed by atoms with van der Waals surface area (Å²) in [4.78, 5) is 21.7. The number of amides is 3. The number of hydrogen-bond donors (Lipinski definition) is 2. The molecule has 0 aliphatic heterocycles. The first kappa shape index (κ1) is 12.1. The zero-order valence-corrected chi connectivity index (χ0v) is 9.72. The van der Waals surface area contributed by atoms with E-state index >= 15 is 0 Å². The van der Waals surface area contributed by atoms with Crippen molar-refractivity contribution in [3.63, 3.8) is 0 Å². The lowest BCUT2D eigenvalue weighted by Gasteiger charge is -2.03. The molecule has 0 fully saturated rings. The Bertz CT molecular complexity index is 593. The van der Waals surface area contributed by atoms with E-state index in [0.29, 0.717) is 6.42 Å². The maximum atomic E-state index is 11.2. The van der Waals surface area contributed by atoms with Crippen LogP contribution in [0.2, 0.25) is 0 Å². The molecule has 4 heteroatoms. The number of carbonyl (C=O) groups is 2. The SMILES string of the molecule is NC(=O)NC(=O)[CH]Cc1ccc2ccccc2c1. The van der Waals surface area contributed by atoms with Crippen LogP contribution < -0.4 is 11.1 Å². The first-order chi connectivity index (χ1) is 8.65. The van der Waals surface area contributed by atoms with E-state index in [1.165, 1.54) is 6.42 Å². The Labute approximate surface area is 105 Å². The molecule has 1 radical (unpaired) electrons. The fraction of sp³-hybridized carbons (Fsp3) is 0.0714. The molecule has 0 atom stereocenters. The van der Waals surface area contributed by atoms with Gasteiger partial charge in [0.15, 0.2) is 0 Å². The van der Waals surface area contributed by atoms with Crippen molar-refractivity contribution in [2.24, 2.45) is 5.73 Å². The highest BCUT2D eigenvalue weighted by molar-refractivity contribution is 5.98. The molecule has 18 heavy (non-hydrogen) atoms. The van der Waals surface area contributed by atoms with Gasteiger partial charge in [-0.25, -0.2) is 4.79 Å². The fourth-order valence-corrected chi connectivity index (χ4v) is 1.75. The van der Waals surface area contributed by atoms with Crippen LogP contribution in [-0.2, 0) is 11.2 Å². The molecule has 0 saturated heterocycles. The van der Waals surface area contributed by atoms with E-state index in [9.17, 15) is 9.59 Å². The second kappa shape index (κ2) is 5.31. The molecule has 0 bridgehead atoms. The van der Waals surface area contributed by atoms with Gasteiger partial charge in [-0.2, -0.15) is 0 Å². The zero-order chi connectivity index (χ0) is 13.0. The molecule has 0 heterocycles. The van der Waals surface area contributed by atoms with Crippen molar-refractivity contribution in [3.8, 4) is 0 Å². The standard InChI is InChI=1S/C14H13N2O2/c15-14(18)16-13(17)8-6-10-5-7-11-3-1-2-4-12(11)9-10/h1-5,7-9H,6H2,(H3,15,16,17,18). The zero-order valence-electron chi connectivity index (χ0n) is 9.72. The van der Waals surface area contributed by atoms with Crippen LogP contribution in [0, 0.1) is 6.42 Å². The van der Waals surface area contributed by atoms with Gasteiger partial charge in [-0.1, -0.05) is 42.5 Å². The van der Waals surface area contributed by atoms with Crippen LogP contribution in [0.4, 0.5) is 4.79 Å². The number of benzene rings is 2. The van der Waals surface area contributed by atoms with Crippen LogP contribution in [0.5, 0.6) is 0 Å². The van der Waals surface area contributed by atoms with Gasteiger partial charge in [0.05, 0.1) is 6.42 Å². The Hall–Kier alpha value is -2.36. The maximum Gasteiger partial charge on any atom is 0.318 e. The Morgan fingerprint density at radius 1 is 1.11 bits per heavy atom. The lowest BCUT2D eigenvalue weighted by Crippen LogP contribution is -2.35. The smallest absolute Gasteiger partial charge is 0.318 e. The van der Waals surface area contributed by atoms with Crippen LogP contribution >= 0.6 is 0 Å². The molecule has 0 saturated carbocycles. The lowest BCUT2D eigenvalue weighted by atomic mass is 10.0. The molecule has 0 aliphatic rings. The van der Waals surface area contributed by atoms with E-state index in [1.54, 1.807) is 0 Å². The molecule has 4 nitrogen and oxygen atoms in total. The summed E-state index contributed by atoms with van der Waals surface area (Å²) in [6.07, 6.45) is 1.86. The number of nitrogens with two attached hydrogens (primary N) is 1. The summed E-state index contributed by atoms with van der Waals surface area (Å²) in [5, 5.41) is 4.27. The minimum Gasteiger partial charge on any atom is -0.351 e. The molecule has 0 unspecified atom stereocenters. The van der Waals surface area contributed by atoms with Crippen LogP contribution in [0.15, 0.2) is 42.5 Å². The van der Waals surface area contributed by atoms with Gasteiger partial charge in [-0.05, 0) is 22.8 Å². The first-order valence-electron chi connectivity index (χ1n) is 5.56. The first-order valence-corrected chi connectivity index (χ1v) is 5.56. The van der Waals surface area contributed by atoms with E-state index in [1.807, 2.05) is 47.8 Å². The van der Waals surface area contributed by atoms with E-state index in [0.717, 1.165) is 16.3 Å². The lowest BCUT2D eigenvalue weighted by molar-refractivity contribution is -0.116.